The van der Waals surface area contributed by atoms with Gasteiger partial charge in [0.05, 0.1) is 6.10 Å². The third kappa shape index (κ3) is 7.30. The SMILES string of the molecule is CC(C)(C)Cc1ccc(-c2ncc[nH]2)c(CNCC(O)C(C=O)Cc2cc(F)cc(F)c2)c1. The first-order valence-electron chi connectivity index (χ1n) is 11.1. The number of aliphatic hydroxyl groups excluding tert-OH is 1. The van der Waals surface area contributed by atoms with Crippen molar-refractivity contribution < 1.29 is 18.7 Å². The number of nitrogens with zero attached hydrogens (tertiary/aromatic N) is 1. The van der Waals surface area contributed by atoms with E-state index in [1.165, 1.54) is 17.7 Å². The first kappa shape index (κ1) is 24.7. The molecule has 2 atom stereocenters. The van der Waals surface area contributed by atoms with Crippen molar-refractivity contribution in [1.82, 2.24) is 15.3 Å². The summed E-state index contributed by atoms with van der Waals surface area (Å²) in [6.07, 6.45) is 4.07. The van der Waals surface area contributed by atoms with Crippen LogP contribution in [0, 0.1) is 23.0 Å². The van der Waals surface area contributed by atoms with Crippen LogP contribution in [0.15, 0.2) is 48.8 Å². The van der Waals surface area contributed by atoms with Gasteiger partial charge in [-0.3, -0.25) is 0 Å². The number of hydrogen-bond acceptors (Lipinski definition) is 4. The molecule has 176 valence electrons. The maximum Gasteiger partial charge on any atom is 0.137 e. The molecule has 7 heteroatoms. The number of rotatable bonds is 10. The van der Waals surface area contributed by atoms with Gasteiger partial charge in [0.1, 0.15) is 23.7 Å². The van der Waals surface area contributed by atoms with E-state index >= 15 is 0 Å². The first-order chi connectivity index (χ1) is 15.6. The van der Waals surface area contributed by atoms with Crippen molar-refractivity contribution >= 4 is 6.29 Å². The lowest BCUT2D eigenvalue weighted by atomic mass is 9.87. The molecule has 0 fully saturated rings. The molecule has 5 nitrogen and oxygen atoms in total. The van der Waals surface area contributed by atoms with Crippen molar-refractivity contribution in [3.05, 3.63) is 77.1 Å². The zero-order chi connectivity index (χ0) is 24.0. The van der Waals surface area contributed by atoms with Gasteiger partial charge in [-0.25, -0.2) is 13.8 Å². The Hall–Kier alpha value is -2.90. The number of hydrogen-bond donors (Lipinski definition) is 3. The number of H-pyrrole nitrogens is 1. The summed E-state index contributed by atoms with van der Waals surface area (Å²) in [5.74, 6) is -1.44. The third-order valence-corrected chi connectivity index (χ3v) is 5.39. The Morgan fingerprint density at radius 1 is 1.12 bits per heavy atom. The minimum absolute atomic E-state index is 0.0553. The highest BCUT2D eigenvalue weighted by Crippen LogP contribution is 2.26. The number of aldehydes is 1. The van der Waals surface area contributed by atoms with Crippen molar-refractivity contribution in [2.24, 2.45) is 11.3 Å². The summed E-state index contributed by atoms with van der Waals surface area (Å²) < 4.78 is 26.9. The highest BCUT2D eigenvalue weighted by Gasteiger charge is 2.20. The Kier molecular flexibility index (Phi) is 8.10. The van der Waals surface area contributed by atoms with Gasteiger partial charge in [-0.05, 0) is 47.1 Å². The fraction of sp³-hybridized carbons (Fsp3) is 0.385. The molecule has 0 aliphatic rings. The van der Waals surface area contributed by atoms with Crippen LogP contribution in [-0.4, -0.2) is 34.0 Å². The number of carbonyl (C=O) groups is 1. The Morgan fingerprint density at radius 3 is 2.45 bits per heavy atom. The van der Waals surface area contributed by atoms with Crippen LogP contribution in [0.1, 0.15) is 37.5 Å². The van der Waals surface area contributed by atoms with Crippen LogP contribution in [0.3, 0.4) is 0 Å². The summed E-state index contributed by atoms with van der Waals surface area (Å²) in [7, 11) is 0. The molecule has 3 aromatic rings. The second kappa shape index (κ2) is 10.8. The zero-order valence-corrected chi connectivity index (χ0v) is 19.2. The average Bonchev–Trinajstić information content (AvgIpc) is 3.25. The number of aliphatic hydroxyl groups is 1. The third-order valence-electron chi connectivity index (χ3n) is 5.39. The summed E-state index contributed by atoms with van der Waals surface area (Å²) in [5.41, 5.74) is 3.66. The van der Waals surface area contributed by atoms with Crippen LogP contribution in [0.2, 0.25) is 0 Å². The quantitative estimate of drug-likeness (QED) is 0.395. The second-order valence-electron chi connectivity index (χ2n) is 9.65. The number of benzene rings is 2. The summed E-state index contributed by atoms with van der Waals surface area (Å²) in [5, 5.41) is 13.8. The average molecular weight is 456 g/mol. The Labute approximate surface area is 193 Å². The summed E-state index contributed by atoms with van der Waals surface area (Å²) in [6.45, 7) is 7.18. The van der Waals surface area contributed by atoms with Gasteiger partial charge in [0.15, 0.2) is 0 Å². The summed E-state index contributed by atoms with van der Waals surface area (Å²) in [6, 6.07) is 9.41. The number of aromatic amines is 1. The molecule has 1 heterocycles. The molecule has 0 saturated carbocycles. The molecule has 33 heavy (non-hydrogen) atoms. The van der Waals surface area contributed by atoms with Crippen LogP contribution >= 0.6 is 0 Å². The van der Waals surface area contributed by atoms with E-state index in [2.05, 4.69) is 48.2 Å². The van der Waals surface area contributed by atoms with E-state index in [0.717, 1.165) is 29.4 Å². The van der Waals surface area contributed by atoms with Crippen molar-refractivity contribution in [3.63, 3.8) is 0 Å². The van der Waals surface area contributed by atoms with Crippen molar-refractivity contribution in [2.75, 3.05) is 6.54 Å². The Morgan fingerprint density at radius 2 is 1.85 bits per heavy atom. The van der Waals surface area contributed by atoms with E-state index in [-0.39, 0.29) is 18.4 Å². The molecule has 0 aliphatic heterocycles. The summed E-state index contributed by atoms with van der Waals surface area (Å²) >= 11 is 0. The fourth-order valence-corrected chi connectivity index (χ4v) is 3.94. The molecule has 0 radical (unpaired) electrons. The number of carbonyl (C=O) groups excluding carboxylic acids is 1. The highest BCUT2D eigenvalue weighted by atomic mass is 19.1. The Balaban J connectivity index is 1.68. The van der Waals surface area contributed by atoms with E-state index in [1.807, 2.05) is 6.07 Å². The second-order valence-corrected chi connectivity index (χ2v) is 9.65. The normalized spacial score (nSPS) is 13.6. The van der Waals surface area contributed by atoms with E-state index in [0.29, 0.717) is 18.4 Å². The number of nitrogens with one attached hydrogen (secondary N) is 2. The molecule has 3 N–H and O–H groups in total. The van der Waals surface area contributed by atoms with Gasteiger partial charge < -0.3 is 20.2 Å². The number of imidazole rings is 1. The monoisotopic (exact) mass is 455 g/mol. The van der Waals surface area contributed by atoms with Crippen LogP contribution in [0.5, 0.6) is 0 Å². The lowest BCUT2D eigenvalue weighted by Gasteiger charge is -2.21. The predicted molar refractivity (Wildman–Crippen MR) is 125 cm³/mol. The Bertz CT molecular complexity index is 1040. The van der Waals surface area contributed by atoms with Crippen LogP contribution in [-0.2, 0) is 24.2 Å². The standard InChI is InChI=1S/C26H31F2N3O2/c1-26(2,3)13-17-4-5-23(25-30-6-7-31-25)19(8-17)14-29-15-24(33)20(16-32)9-18-10-21(27)12-22(28)11-18/h4-8,10-12,16,20,24,29,33H,9,13-15H2,1-3H3,(H,30,31). The zero-order valence-electron chi connectivity index (χ0n) is 19.2. The predicted octanol–water partition coefficient (Wildman–Crippen LogP) is 4.45. The number of halogens is 2. The van der Waals surface area contributed by atoms with Gasteiger partial charge in [0.2, 0.25) is 0 Å². The lowest BCUT2D eigenvalue weighted by molar-refractivity contribution is -0.114. The molecular formula is C26H31F2N3O2. The van der Waals surface area contributed by atoms with E-state index in [4.69, 9.17) is 0 Å². The van der Waals surface area contributed by atoms with Gasteiger partial charge >= 0.3 is 0 Å². The topological polar surface area (TPSA) is 78.0 Å². The molecule has 0 spiro atoms. The van der Waals surface area contributed by atoms with Gasteiger partial charge in [-0.2, -0.15) is 0 Å². The molecule has 2 unspecified atom stereocenters. The fourth-order valence-electron chi connectivity index (χ4n) is 3.94. The lowest BCUT2D eigenvalue weighted by Crippen LogP contribution is -2.34. The highest BCUT2D eigenvalue weighted by molar-refractivity contribution is 5.61. The van der Waals surface area contributed by atoms with Crippen molar-refractivity contribution in [1.29, 1.82) is 0 Å². The molecule has 0 aliphatic carbocycles. The maximum absolute atomic E-state index is 13.5. The van der Waals surface area contributed by atoms with Crippen LogP contribution < -0.4 is 5.32 Å². The van der Waals surface area contributed by atoms with Gasteiger partial charge in [-0.15, -0.1) is 0 Å². The molecule has 3 rings (SSSR count). The maximum atomic E-state index is 13.5. The van der Waals surface area contributed by atoms with Gasteiger partial charge in [0.25, 0.3) is 0 Å². The minimum Gasteiger partial charge on any atom is -0.391 e. The summed E-state index contributed by atoms with van der Waals surface area (Å²) in [4.78, 5) is 19.0. The van der Waals surface area contributed by atoms with Gasteiger partial charge in [-0.1, -0.05) is 39.0 Å². The minimum atomic E-state index is -1.00. The van der Waals surface area contributed by atoms with E-state index < -0.39 is 23.7 Å². The van der Waals surface area contributed by atoms with Crippen molar-refractivity contribution in [3.8, 4) is 11.4 Å². The van der Waals surface area contributed by atoms with Crippen molar-refractivity contribution in [2.45, 2.75) is 46.3 Å². The molecule has 0 saturated heterocycles. The van der Waals surface area contributed by atoms with E-state index in [9.17, 15) is 18.7 Å². The molecule has 0 amide bonds. The van der Waals surface area contributed by atoms with Crippen LogP contribution in [0.25, 0.3) is 11.4 Å². The van der Waals surface area contributed by atoms with Gasteiger partial charge in [0, 0.05) is 43.0 Å². The smallest absolute Gasteiger partial charge is 0.137 e. The molecular weight excluding hydrogens is 424 g/mol. The number of aromatic nitrogens is 2. The largest absolute Gasteiger partial charge is 0.391 e. The van der Waals surface area contributed by atoms with E-state index in [1.54, 1.807) is 12.4 Å². The molecule has 0 bridgehead atoms. The molecule has 2 aromatic carbocycles. The van der Waals surface area contributed by atoms with Crippen LogP contribution in [0.4, 0.5) is 8.78 Å². The molecule has 1 aromatic heterocycles. The first-order valence-corrected chi connectivity index (χ1v) is 11.1.